The number of halogens is 1. The van der Waals surface area contributed by atoms with E-state index in [-0.39, 0.29) is 18.2 Å². The summed E-state index contributed by atoms with van der Waals surface area (Å²) in [5.74, 6) is -0.0168. The summed E-state index contributed by atoms with van der Waals surface area (Å²) in [4.78, 5) is 28.5. The molecule has 1 aliphatic rings. The normalized spacial score (nSPS) is 16.8. The van der Waals surface area contributed by atoms with E-state index in [1.165, 1.54) is 7.11 Å². The van der Waals surface area contributed by atoms with Crippen molar-refractivity contribution < 1.29 is 14.3 Å². The molecule has 0 saturated carbocycles. The van der Waals surface area contributed by atoms with Crippen molar-refractivity contribution in [3.63, 3.8) is 0 Å². The average molecular weight is 377 g/mol. The Labute approximate surface area is 157 Å². The number of amides is 2. The van der Waals surface area contributed by atoms with Crippen LogP contribution in [0, 0.1) is 5.92 Å². The highest BCUT2D eigenvalue weighted by molar-refractivity contribution is 6.31. The van der Waals surface area contributed by atoms with Gasteiger partial charge in [0.25, 0.3) is 0 Å². The summed E-state index contributed by atoms with van der Waals surface area (Å²) in [5.41, 5.74) is 1.54. The summed E-state index contributed by atoms with van der Waals surface area (Å²) < 4.78 is 7.02. The molecule has 138 valence electrons. The molecule has 0 radical (unpaired) electrons. The second kappa shape index (κ2) is 7.37. The SMILES string of the molecule is COc1ccc(Cl)cc1N1C[C@@H](C(=O)N(C)Cc2cnn(C)c2)CC1=O. The number of methoxy groups -OCH3 is 1. The van der Waals surface area contributed by atoms with Gasteiger partial charge in [0.2, 0.25) is 11.8 Å². The molecule has 0 aliphatic carbocycles. The highest BCUT2D eigenvalue weighted by Crippen LogP contribution is 2.35. The maximum absolute atomic E-state index is 12.8. The Morgan fingerprint density at radius 2 is 2.23 bits per heavy atom. The zero-order valence-electron chi connectivity index (χ0n) is 15.0. The molecule has 0 unspecified atom stereocenters. The first-order chi connectivity index (χ1) is 12.4. The van der Waals surface area contributed by atoms with Gasteiger partial charge in [-0.1, -0.05) is 11.6 Å². The van der Waals surface area contributed by atoms with Crippen molar-refractivity contribution in [3.05, 3.63) is 41.2 Å². The molecule has 0 bridgehead atoms. The molecule has 0 N–H and O–H groups in total. The van der Waals surface area contributed by atoms with E-state index in [1.807, 2.05) is 13.2 Å². The summed E-state index contributed by atoms with van der Waals surface area (Å²) in [6.07, 6.45) is 3.77. The number of ether oxygens (including phenoxy) is 1. The number of hydrogen-bond acceptors (Lipinski definition) is 4. The van der Waals surface area contributed by atoms with E-state index in [1.54, 1.807) is 45.9 Å². The van der Waals surface area contributed by atoms with Crippen LogP contribution in [0.1, 0.15) is 12.0 Å². The first-order valence-corrected chi connectivity index (χ1v) is 8.63. The van der Waals surface area contributed by atoms with Gasteiger partial charge in [-0.15, -0.1) is 0 Å². The topological polar surface area (TPSA) is 67.7 Å². The Morgan fingerprint density at radius 1 is 1.46 bits per heavy atom. The minimum absolute atomic E-state index is 0.0642. The third-order valence-corrected chi connectivity index (χ3v) is 4.70. The third-order valence-electron chi connectivity index (χ3n) is 4.46. The molecule has 7 nitrogen and oxygen atoms in total. The summed E-state index contributed by atoms with van der Waals surface area (Å²) in [5, 5.41) is 4.62. The summed E-state index contributed by atoms with van der Waals surface area (Å²) in [6.45, 7) is 0.767. The molecule has 0 spiro atoms. The number of nitrogens with zero attached hydrogens (tertiary/aromatic N) is 4. The molecular weight excluding hydrogens is 356 g/mol. The van der Waals surface area contributed by atoms with E-state index in [0.29, 0.717) is 29.5 Å². The highest BCUT2D eigenvalue weighted by Gasteiger charge is 2.37. The van der Waals surface area contributed by atoms with Gasteiger partial charge in [0.05, 0.1) is 24.9 Å². The fraction of sp³-hybridized carbons (Fsp3) is 0.389. The Kier molecular flexibility index (Phi) is 5.18. The van der Waals surface area contributed by atoms with Crippen LogP contribution in [0.15, 0.2) is 30.6 Å². The van der Waals surface area contributed by atoms with Crippen LogP contribution in [0.3, 0.4) is 0 Å². The fourth-order valence-electron chi connectivity index (χ4n) is 3.20. The lowest BCUT2D eigenvalue weighted by molar-refractivity contribution is -0.135. The highest BCUT2D eigenvalue weighted by atomic mass is 35.5. The van der Waals surface area contributed by atoms with Crippen LogP contribution in [0.2, 0.25) is 5.02 Å². The van der Waals surface area contributed by atoms with Crippen LogP contribution in [0.25, 0.3) is 0 Å². The second-order valence-electron chi connectivity index (χ2n) is 6.44. The number of carbonyl (C=O) groups excluding carboxylic acids is 2. The molecule has 1 aromatic carbocycles. The number of rotatable bonds is 5. The number of aromatic nitrogens is 2. The zero-order valence-corrected chi connectivity index (χ0v) is 15.7. The Morgan fingerprint density at radius 3 is 2.88 bits per heavy atom. The minimum Gasteiger partial charge on any atom is -0.495 e. The summed E-state index contributed by atoms with van der Waals surface area (Å²) >= 11 is 6.06. The predicted molar refractivity (Wildman–Crippen MR) is 98.1 cm³/mol. The average Bonchev–Trinajstić information content (AvgIpc) is 3.19. The molecule has 2 amide bonds. The number of benzene rings is 1. The van der Waals surface area contributed by atoms with E-state index < -0.39 is 5.92 Å². The van der Waals surface area contributed by atoms with Crippen LogP contribution in [-0.2, 0) is 23.2 Å². The van der Waals surface area contributed by atoms with Crippen molar-refractivity contribution in [2.45, 2.75) is 13.0 Å². The number of carbonyl (C=O) groups is 2. The van der Waals surface area contributed by atoms with Gasteiger partial charge < -0.3 is 14.5 Å². The van der Waals surface area contributed by atoms with Gasteiger partial charge >= 0.3 is 0 Å². The maximum atomic E-state index is 12.8. The first-order valence-electron chi connectivity index (χ1n) is 8.25. The number of aryl methyl sites for hydroxylation is 1. The van der Waals surface area contributed by atoms with Crippen LogP contribution in [-0.4, -0.2) is 47.2 Å². The fourth-order valence-corrected chi connectivity index (χ4v) is 3.36. The van der Waals surface area contributed by atoms with E-state index in [4.69, 9.17) is 16.3 Å². The maximum Gasteiger partial charge on any atom is 0.228 e. The molecular formula is C18H21ClN4O3. The molecule has 1 aromatic heterocycles. The Balaban J connectivity index is 1.73. The molecule has 1 fully saturated rings. The smallest absolute Gasteiger partial charge is 0.228 e. The molecule has 1 saturated heterocycles. The molecule has 2 aromatic rings. The van der Waals surface area contributed by atoms with Crippen molar-refractivity contribution in [2.24, 2.45) is 13.0 Å². The predicted octanol–water partition coefficient (Wildman–Crippen LogP) is 2.09. The summed E-state index contributed by atoms with van der Waals surface area (Å²) in [6, 6.07) is 5.11. The summed E-state index contributed by atoms with van der Waals surface area (Å²) in [7, 11) is 5.11. The van der Waals surface area contributed by atoms with Gasteiger partial charge in [-0.2, -0.15) is 5.10 Å². The number of anilines is 1. The molecule has 3 rings (SSSR count). The van der Waals surface area contributed by atoms with Crippen molar-refractivity contribution >= 4 is 29.1 Å². The lowest BCUT2D eigenvalue weighted by atomic mass is 10.1. The van der Waals surface area contributed by atoms with Crippen molar-refractivity contribution in [1.82, 2.24) is 14.7 Å². The van der Waals surface area contributed by atoms with E-state index in [9.17, 15) is 9.59 Å². The molecule has 26 heavy (non-hydrogen) atoms. The molecule has 1 atom stereocenters. The van der Waals surface area contributed by atoms with Crippen LogP contribution in [0.5, 0.6) is 5.75 Å². The Bertz CT molecular complexity index is 836. The van der Waals surface area contributed by atoms with Gasteiger partial charge in [0.15, 0.2) is 0 Å². The van der Waals surface area contributed by atoms with Crippen LogP contribution >= 0.6 is 11.6 Å². The molecule has 8 heteroatoms. The largest absolute Gasteiger partial charge is 0.495 e. The minimum atomic E-state index is -0.396. The van der Waals surface area contributed by atoms with Gasteiger partial charge in [0.1, 0.15) is 5.75 Å². The lowest BCUT2D eigenvalue weighted by Crippen LogP contribution is -2.34. The van der Waals surface area contributed by atoms with Crippen molar-refractivity contribution in [2.75, 3.05) is 25.6 Å². The quantitative estimate of drug-likeness (QED) is 0.801. The van der Waals surface area contributed by atoms with Crippen molar-refractivity contribution in [3.8, 4) is 5.75 Å². The van der Waals surface area contributed by atoms with Crippen molar-refractivity contribution in [1.29, 1.82) is 0 Å². The van der Waals surface area contributed by atoms with E-state index in [0.717, 1.165) is 5.56 Å². The molecule has 1 aliphatic heterocycles. The molecule has 2 heterocycles. The monoisotopic (exact) mass is 376 g/mol. The van der Waals surface area contributed by atoms with Gasteiger partial charge in [-0.3, -0.25) is 14.3 Å². The first kappa shape index (κ1) is 18.3. The van der Waals surface area contributed by atoms with E-state index >= 15 is 0 Å². The Hall–Kier alpha value is -2.54. The van der Waals surface area contributed by atoms with Crippen LogP contribution in [0.4, 0.5) is 5.69 Å². The second-order valence-corrected chi connectivity index (χ2v) is 6.87. The van der Waals surface area contributed by atoms with Gasteiger partial charge in [-0.05, 0) is 18.2 Å². The third kappa shape index (κ3) is 3.67. The standard InChI is InChI=1S/C18H21ClN4O3/c1-21(9-12-8-20-22(2)10-12)18(25)13-6-17(24)23(11-13)15-7-14(19)4-5-16(15)26-3/h4-5,7-8,10,13H,6,9,11H2,1-3H3/t13-/m0/s1. The van der Waals surface area contributed by atoms with Crippen LogP contribution < -0.4 is 9.64 Å². The number of hydrogen-bond donors (Lipinski definition) is 0. The zero-order chi connectivity index (χ0) is 18.8. The van der Waals surface area contributed by atoms with E-state index in [2.05, 4.69) is 5.10 Å². The van der Waals surface area contributed by atoms with Gasteiger partial charge in [-0.25, -0.2) is 0 Å². The van der Waals surface area contributed by atoms with Gasteiger partial charge in [0, 0.05) is 50.4 Å². The lowest BCUT2D eigenvalue weighted by Gasteiger charge is -2.22.